The minimum absolute atomic E-state index is 0.00699. The van der Waals surface area contributed by atoms with Crippen LogP contribution in [-0.2, 0) is 10.1 Å². The van der Waals surface area contributed by atoms with Gasteiger partial charge in [0, 0.05) is 24.2 Å². The molecule has 256 valence electrons. The van der Waals surface area contributed by atoms with Crippen LogP contribution in [-0.4, -0.2) is 38.3 Å². The van der Waals surface area contributed by atoms with Gasteiger partial charge in [0.2, 0.25) is 5.88 Å². The highest BCUT2D eigenvalue weighted by Crippen LogP contribution is 2.39. The van der Waals surface area contributed by atoms with E-state index in [1.54, 1.807) is 19.9 Å². The zero-order chi connectivity index (χ0) is 35.3. The monoisotopic (exact) mass is 709 g/mol. The minimum Gasteiger partial charge on any atom is -0.440 e. The molecule has 3 heterocycles. The summed E-state index contributed by atoms with van der Waals surface area (Å²) in [4.78, 5) is 31.7. The number of nitrogens with one attached hydrogen (secondary N) is 1. The number of hydrogen-bond acceptors (Lipinski definition) is 9. The van der Waals surface area contributed by atoms with E-state index in [0.29, 0.717) is 34.0 Å². The number of anilines is 2. The molecule has 1 aliphatic rings. The van der Waals surface area contributed by atoms with Crippen LogP contribution in [0.4, 0.5) is 29.1 Å². The van der Waals surface area contributed by atoms with Crippen LogP contribution in [0.3, 0.4) is 0 Å². The highest BCUT2D eigenvalue weighted by Gasteiger charge is 2.49. The van der Waals surface area contributed by atoms with Crippen molar-refractivity contribution >= 4 is 50.5 Å². The molecule has 2 aromatic carbocycles. The lowest BCUT2D eigenvalue weighted by Gasteiger charge is -2.37. The molecule has 0 unspecified atom stereocenters. The maximum absolute atomic E-state index is 15.1. The van der Waals surface area contributed by atoms with Crippen molar-refractivity contribution < 1.29 is 39.4 Å². The van der Waals surface area contributed by atoms with Crippen LogP contribution >= 0.6 is 11.6 Å². The molecule has 0 radical (unpaired) electrons. The average Bonchev–Trinajstić information content (AvgIpc) is 3.00. The number of hydrogen-bond donors (Lipinski definition) is 1. The van der Waals surface area contributed by atoms with Gasteiger partial charge in [-0.15, -0.1) is 0 Å². The van der Waals surface area contributed by atoms with E-state index in [-0.39, 0.29) is 39.2 Å². The first-order valence-electron chi connectivity index (χ1n) is 14.9. The summed E-state index contributed by atoms with van der Waals surface area (Å²) < 4.78 is 87.4. The maximum atomic E-state index is 15.1. The number of nitrogens with zero attached hydrogens (tertiary/aromatic N) is 2. The van der Waals surface area contributed by atoms with Gasteiger partial charge in [0.1, 0.15) is 10.7 Å². The SMILES string of the molecule is Cc1cc([C@@H](C)Nc2ccc(Cl)nc2-c2cc(F)c(OS(=O)(=O)C(F)(F)F)c(C=O)c2)c2oc(N3CCC(C)(C)CC3)c(C)c(=O)c2c1. The smallest absolute Gasteiger partial charge is 0.440 e. The quantitative estimate of drug-likeness (QED) is 0.0636. The van der Waals surface area contributed by atoms with Crippen LogP contribution in [0.1, 0.15) is 66.7 Å². The Balaban J connectivity index is 1.57. The first kappa shape index (κ1) is 35.1. The molecular weight excluding hydrogens is 678 g/mol. The second kappa shape index (κ2) is 12.7. The van der Waals surface area contributed by atoms with Crippen LogP contribution in [0, 0.1) is 25.1 Å². The van der Waals surface area contributed by atoms with Gasteiger partial charge in [-0.3, -0.25) is 9.59 Å². The molecule has 0 saturated carbocycles. The molecule has 1 atom stereocenters. The molecule has 1 N–H and O–H groups in total. The summed E-state index contributed by atoms with van der Waals surface area (Å²) >= 11 is 6.16. The van der Waals surface area contributed by atoms with E-state index in [2.05, 4.69) is 33.2 Å². The van der Waals surface area contributed by atoms with Crippen molar-refractivity contribution in [1.82, 2.24) is 4.98 Å². The lowest BCUT2D eigenvalue weighted by molar-refractivity contribution is -0.0501. The van der Waals surface area contributed by atoms with Crippen LogP contribution in [0.25, 0.3) is 22.2 Å². The molecule has 1 aliphatic heterocycles. The summed E-state index contributed by atoms with van der Waals surface area (Å²) in [6.45, 7) is 11.2. The van der Waals surface area contributed by atoms with E-state index in [4.69, 9.17) is 16.0 Å². The fourth-order valence-electron chi connectivity index (χ4n) is 5.66. The first-order chi connectivity index (χ1) is 22.3. The number of aryl methyl sites for hydroxylation is 1. The van der Waals surface area contributed by atoms with Crippen LogP contribution < -0.4 is 19.8 Å². The van der Waals surface area contributed by atoms with E-state index in [9.17, 15) is 31.2 Å². The molecule has 0 aliphatic carbocycles. The molecule has 48 heavy (non-hydrogen) atoms. The maximum Gasteiger partial charge on any atom is 0.534 e. The van der Waals surface area contributed by atoms with Crippen LogP contribution in [0.5, 0.6) is 5.75 Å². The summed E-state index contributed by atoms with van der Waals surface area (Å²) in [5.41, 5.74) is -4.20. The predicted molar refractivity (Wildman–Crippen MR) is 175 cm³/mol. The fraction of sp³-hybridized carbons (Fsp3) is 0.364. The van der Waals surface area contributed by atoms with Crippen molar-refractivity contribution in [3.8, 4) is 17.0 Å². The number of aldehydes is 1. The lowest BCUT2D eigenvalue weighted by Crippen LogP contribution is -2.38. The van der Waals surface area contributed by atoms with E-state index in [1.807, 2.05) is 13.0 Å². The van der Waals surface area contributed by atoms with Crippen molar-refractivity contribution in [3.05, 3.63) is 79.8 Å². The van der Waals surface area contributed by atoms with E-state index < -0.39 is 38.8 Å². The molecule has 1 fully saturated rings. The van der Waals surface area contributed by atoms with Gasteiger partial charge in [-0.2, -0.15) is 21.6 Å². The molecule has 15 heteroatoms. The second-order valence-electron chi connectivity index (χ2n) is 12.6. The summed E-state index contributed by atoms with van der Waals surface area (Å²) in [5, 5.41) is 3.62. The van der Waals surface area contributed by atoms with Gasteiger partial charge in [-0.1, -0.05) is 31.5 Å². The van der Waals surface area contributed by atoms with Gasteiger partial charge < -0.3 is 18.8 Å². The lowest BCUT2D eigenvalue weighted by atomic mass is 9.82. The third-order valence-electron chi connectivity index (χ3n) is 8.42. The third kappa shape index (κ3) is 6.86. The minimum atomic E-state index is -6.27. The number of alkyl halides is 3. The zero-order valence-corrected chi connectivity index (χ0v) is 28.2. The number of carbonyl (C=O) groups is 1. The summed E-state index contributed by atoms with van der Waals surface area (Å²) in [7, 11) is -6.27. The predicted octanol–water partition coefficient (Wildman–Crippen LogP) is 8.10. The first-order valence-corrected chi connectivity index (χ1v) is 16.7. The van der Waals surface area contributed by atoms with Crippen molar-refractivity contribution in [2.24, 2.45) is 5.41 Å². The molecular formula is C33H32ClF4N3O6S. The molecule has 0 amide bonds. The number of fused-ring (bicyclic) bond motifs is 1. The average molecular weight is 710 g/mol. The van der Waals surface area contributed by atoms with Crippen molar-refractivity contribution in [2.75, 3.05) is 23.3 Å². The van der Waals surface area contributed by atoms with E-state index in [0.717, 1.165) is 37.6 Å². The number of benzene rings is 2. The van der Waals surface area contributed by atoms with Crippen molar-refractivity contribution in [2.45, 2.75) is 59.0 Å². The van der Waals surface area contributed by atoms with Crippen molar-refractivity contribution in [1.29, 1.82) is 0 Å². The molecule has 0 spiro atoms. The van der Waals surface area contributed by atoms with Gasteiger partial charge in [0.05, 0.1) is 33.9 Å². The summed E-state index contributed by atoms with van der Waals surface area (Å²) in [6, 6.07) is 7.63. The van der Waals surface area contributed by atoms with Gasteiger partial charge in [0.15, 0.2) is 23.3 Å². The number of piperidine rings is 1. The van der Waals surface area contributed by atoms with Crippen molar-refractivity contribution in [3.63, 3.8) is 0 Å². The second-order valence-corrected chi connectivity index (χ2v) is 14.5. The van der Waals surface area contributed by atoms with Gasteiger partial charge in [-0.25, -0.2) is 9.37 Å². The Labute approximate surface area is 279 Å². The van der Waals surface area contributed by atoms with Crippen LogP contribution in [0.2, 0.25) is 5.15 Å². The topological polar surface area (TPSA) is 119 Å². The standard InChI is InChI=1S/C33H32ClF4N3O6S/c1-17-12-22(30-23(13-17)28(43)18(2)31(46-30)41-10-8-32(4,5)9-11-41)19(3)39-25-6-7-26(34)40-27(25)20-14-21(16-42)29(24(35)15-20)47-48(44,45)33(36,37)38/h6-7,12-16,19,39H,8-11H2,1-5H3/t19-/m1/s1. The van der Waals surface area contributed by atoms with Gasteiger partial charge in [0.25, 0.3) is 0 Å². The summed E-state index contributed by atoms with van der Waals surface area (Å²) in [5.74, 6) is -2.47. The Morgan fingerprint density at radius 2 is 1.79 bits per heavy atom. The van der Waals surface area contributed by atoms with Crippen LogP contribution in [0.15, 0.2) is 45.6 Å². The summed E-state index contributed by atoms with van der Waals surface area (Å²) in [6.07, 6.45) is 1.81. The number of halogens is 5. The molecule has 9 nitrogen and oxygen atoms in total. The molecule has 1 saturated heterocycles. The molecule has 4 aromatic rings. The third-order valence-corrected chi connectivity index (χ3v) is 9.58. The zero-order valence-electron chi connectivity index (χ0n) is 26.6. The normalized spacial score (nSPS) is 15.8. The van der Waals surface area contributed by atoms with Gasteiger partial charge in [-0.05, 0) is 74.9 Å². The number of rotatable bonds is 8. The van der Waals surface area contributed by atoms with Gasteiger partial charge >= 0.3 is 15.6 Å². The Kier molecular flexibility index (Phi) is 9.30. The van der Waals surface area contributed by atoms with E-state index >= 15 is 4.39 Å². The molecule has 0 bridgehead atoms. The Morgan fingerprint density at radius 3 is 2.42 bits per heavy atom. The number of pyridine rings is 1. The Morgan fingerprint density at radius 1 is 1.12 bits per heavy atom. The fourth-order valence-corrected chi connectivity index (χ4v) is 6.30. The largest absolute Gasteiger partial charge is 0.534 e. The highest BCUT2D eigenvalue weighted by atomic mass is 35.5. The number of carbonyl (C=O) groups excluding carboxylic acids is 1. The Hall–Kier alpha value is -4.17. The van der Waals surface area contributed by atoms with E-state index in [1.165, 1.54) is 12.1 Å². The Bertz CT molecular complexity index is 2090. The highest BCUT2D eigenvalue weighted by molar-refractivity contribution is 7.88. The number of aromatic nitrogens is 1. The molecule has 5 rings (SSSR count). The molecule has 2 aromatic heterocycles.